The molecule has 0 unspecified atom stereocenters. The Morgan fingerprint density at radius 3 is 2.48 bits per heavy atom. The molecule has 3 aromatic rings. The standard InChI is InChI=1S/C22H24N4O/c1-16-13-17(2)26(25-16)20-10-9-18(14-23-20)21(27)24-15-22(11-6-12-22)19-7-4-3-5-8-19/h3-5,7-10,13-14H,6,11-12,15H2,1-2H3,(H,24,27). The number of hydrogen-bond acceptors (Lipinski definition) is 3. The van der Waals surface area contributed by atoms with Gasteiger partial charge in [0, 0.05) is 23.9 Å². The van der Waals surface area contributed by atoms with Crippen molar-refractivity contribution < 1.29 is 4.79 Å². The summed E-state index contributed by atoms with van der Waals surface area (Å²) in [6.45, 7) is 4.60. The lowest BCUT2D eigenvalue weighted by Gasteiger charge is -2.42. The van der Waals surface area contributed by atoms with Crippen molar-refractivity contribution in [2.24, 2.45) is 0 Å². The molecule has 2 aromatic heterocycles. The second-order valence-electron chi connectivity index (χ2n) is 7.43. The van der Waals surface area contributed by atoms with Crippen LogP contribution < -0.4 is 5.32 Å². The number of carbonyl (C=O) groups is 1. The van der Waals surface area contributed by atoms with E-state index in [0.717, 1.165) is 30.0 Å². The molecule has 1 fully saturated rings. The summed E-state index contributed by atoms with van der Waals surface area (Å²) >= 11 is 0. The van der Waals surface area contributed by atoms with E-state index in [0.29, 0.717) is 12.1 Å². The molecule has 5 nitrogen and oxygen atoms in total. The average Bonchev–Trinajstić information content (AvgIpc) is 3.00. The highest BCUT2D eigenvalue weighted by atomic mass is 16.1. The van der Waals surface area contributed by atoms with Gasteiger partial charge in [-0.2, -0.15) is 5.10 Å². The van der Waals surface area contributed by atoms with Gasteiger partial charge in [-0.25, -0.2) is 9.67 Å². The van der Waals surface area contributed by atoms with E-state index in [1.807, 2.05) is 38.1 Å². The maximum absolute atomic E-state index is 12.6. The molecular formula is C22H24N4O. The van der Waals surface area contributed by atoms with E-state index in [1.54, 1.807) is 10.9 Å². The Balaban J connectivity index is 1.45. The van der Waals surface area contributed by atoms with E-state index < -0.39 is 0 Å². The molecular weight excluding hydrogens is 336 g/mol. The molecule has 0 bridgehead atoms. The third-order valence-electron chi connectivity index (χ3n) is 5.52. The van der Waals surface area contributed by atoms with E-state index in [2.05, 4.69) is 39.7 Å². The zero-order valence-corrected chi connectivity index (χ0v) is 15.8. The number of benzene rings is 1. The van der Waals surface area contributed by atoms with Gasteiger partial charge in [-0.3, -0.25) is 4.79 Å². The van der Waals surface area contributed by atoms with E-state index in [1.165, 1.54) is 12.0 Å². The molecule has 1 amide bonds. The van der Waals surface area contributed by atoms with Gasteiger partial charge in [-0.1, -0.05) is 36.8 Å². The number of pyridine rings is 1. The van der Waals surface area contributed by atoms with Crippen LogP contribution in [0.5, 0.6) is 0 Å². The summed E-state index contributed by atoms with van der Waals surface area (Å²) < 4.78 is 1.79. The maximum atomic E-state index is 12.6. The Hall–Kier alpha value is -2.95. The minimum Gasteiger partial charge on any atom is -0.351 e. The Morgan fingerprint density at radius 1 is 1.15 bits per heavy atom. The summed E-state index contributed by atoms with van der Waals surface area (Å²) in [6.07, 6.45) is 5.07. The molecule has 1 saturated carbocycles. The van der Waals surface area contributed by atoms with Gasteiger partial charge in [0.05, 0.1) is 11.3 Å². The molecule has 27 heavy (non-hydrogen) atoms. The molecule has 2 heterocycles. The van der Waals surface area contributed by atoms with Crippen LogP contribution in [0.25, 0.3) is 5.82 Å². The van der Waals surface area contributed by atoms with E-state index in [4.69, 9.17) is 0 Å². The van der Waals surface area contributed by atoms with E-state index >= 15 is 0 Å². The Morgan fingerprint density at radius 2 is 1.93 bits per heavy atom. The molecule has 0 saturated heterocycles. The fourth-order valence-electron chi connectivity index (χ4n) is 3.82. The Labute approximate surface area is 159 Å². The summed E-state index contributed by atoms with van der Waals surface area (Å²) in [7, 11) is 0. The van der Waals surface area contributed by atoms with Crippen molar-refractivity contribution in [3.05, 3.63) is 77.2 Å². The highest BCUT2D eigenvalue weighted by molar-refractivity contribution is 5.94. The van der Waals surface area contributed by atoms with Gasteiger partial charge in [-0.05, 0) is 50.5 Å². The summed E-state index contributed by atoms with van der Waals surface area (Å²) in [5, 5.41) is 7.54. The zero-order valence-electron chi connectivity index (χ0n) is 15.8. The molecule has 5 heteroatoms. The Kier molecular flexibility index (Phi) is 4.52. The van der Waals surface area contributed by atoms with E-state index in [9.17, 15) is 4.79 Å². The minimum absolute atomic E-state index is 0.0774. The highest BCUT2D eigenvalue weighted by Gasteiger charge is 2.38. The van der Waals surface area contributed by atoms with Crippen molar-refractivity contribution in [1.29, 1.82) is 0 Å². The first-order valence-corrected chi connectivity index (χ1v) is 9.41. The van der Waals surface area contributed by atoms with Crippen molar-refractivity contribution in [3.63, 3.8) is 0 Å². The first-order chi connectivity index (χ1) is 13.1. The lowest BCUT2D eigenvalue weighted by molar-refractivity contribution is 0.0927. The number of amides is 1. The number of nitrogens with one attached hydrogen (secondary N) is 1. The highest BCUT2D eigenvalue weighted by Crippen LogP contribution is 2.43. The first kappa shape index (κ1) is 17.5. The molecule has 0 spiro atoms. The summed E-state index contributed by atoms with van der Waals surface area (Å²) in [6, 6.07) is 16.1. The minimum atomic E-state index is -0.0791. The number of aryl methyl sites for hydroxylation is 2. The molecule has 4 rings (SSSR count). The Bertz CT molecular complexity index is 940. The van der Waals surface area contributed by atoms with Crippen LogP contribution in [-0.2, 0) is 5.41 Å². The van der Waals surface area contributed by atoms with Crippen molar-refractivity contribution >= 4 is 5.91 Å². The van der Waals surface area contributed by atoms with Gasteiger partial charge in [0.25, 0.3) is 5.91 Å². The predicted molar refractivity (Wildman–Crippen MR) is 105 cm³/mol. The fraction of sp³-hybridized carbons (Fsp3) is 0.318. The third kappa shape index (κ3) is 3.37. The third-order valence-corrected chi connectivity index (χ3v) is 5.52. The van der Waals surface area contributed by atoms with Crippen molar-refractivity contribution in [3.8, 4) is 5.82 Å². The number of nitrogens with zero attached hydrogens (tertiary/aromatic N) is 3. The van der Waals surface area contributed by atoms with Crippen LogP contribution in [0.2, 0.25) is 0 Å². The summed E-state index contributed by atoms with van der Waals surface area (Å²) in [5.74, 6) is 0.640. The van der Waals surface area contributed by atoms with Crippen molar-refractivity contribution in [1.82, 2.24) is 20.1 Å². The van der Waals surface area contributed by atoms with Gasteiger partial charge in [0.2, 0.25) is 0 Å². The molecule has 1 aliphatic rings. The van der Waals surface area contributed by atoms with E-state index in [-0.39, 0.29) is 11.3 Å². The van der Waals surface area contributed by atoms with Crippen LogP contribution in [0.3, 0.4) is 0 Å². The van der Waals surface area contributed by atoms with Crippen molar-refractivity contribution in [2.45, 2.75) is 38.5 Å². The summed E-state index contributed by atoms with van der Waals surface area (Å²) in [4.78, 5) is 17.0. The molecule has 1 N–H and O–H groups in total. The fourth-order valence-corrected chi connectivity index (χ4v) is 3.82. The second-order valence-corrected chi connectivity index (χ2v) is 7.43. The normalized spacial score (nSPS) is 15.2. The SMILES string of the molecule is Cc1cc(C)n(-c2ccc(C(=O)NCC3(c4ccccc4)CCC3)cn2)n1. The lowest BCUT2D eigenvalue weighted by atomic mass is 9.64. The molecule has 138 valence electrons. The van der Waals surface area contributed by atoms with Crippen LogP contribution >= 0.6 is 0 Å². The van der Waals surface area contributed by atoms with Crippen LogP contribution in [-0.4, -0.2) is 27.2 Å². The summed E-state index contributed by atoms with van der Waals surface area (Å²) in [5.41, 5.74) is 3.93. The zero-order chi connectivity index (χ0) is 18.9. The largest absolute Gasteiger partial charge is 0.351 e. The number of rotatable bonds is 5. The van der Waals surface area contributed by atoms with Crippen molar-refractivity contribution in [2.75, 3.05) is 6.54 Å². The van der Waals surface area contributed by atoms with Crippen LogP contribution in [0.15, 0.2) is 54.7 Å². The molecule has 1 aliphatic carbocycles. The predicted octanol–water partition coefficient (Wildman–Crippen LogP) is 3.74. The van der Waals surface area contributed by atoms with Gasteiger partial charge >= 0.3 is 0 Å². The van der Waals surface area contributed by atoms with Crippen LogP contribution in [0.4, 0.5) is 0 Å². The number of carbonyl (C=O) groups excluding carboxylic acids is 1. The van der Waals surface area contributed by atoms with Crippen LogP contribution in [0.1, 0.15) is 46.6 Å². The molecule has 1 aromatic carbocycles. The topological polar surface area (TPSA) is 59.8 Å². The second kappa shape index (κ2) is 6.99. The van der Waals surface area contributed by atoms with Crippen LogP contribution in [0, 0.1) is 13.8 Å². The number of hydrogen-bond donors (Lipinski definition) is 1. The monoisotopic (exact) mass is 360 g/mol. The lowest BCUT2D eigenvalue weighted by Crippen LogP contribution is -2.45. The maximum Gasteiger partial charge on any atom is 0.252 e. The quantitative estimate of drug-likeness (QED) is 0.754. The molecule has 0 atom stereocenters. The number of aromatic nitrogens is 3. The molecule has 0 aliphatic heterocycles. The van der Waals surface area contributed by atoms with Gasteiger partial charge < -0.3 is 5.32 Å². The smallest absolute Gasteiger partial charge is 0.252 e. The van der Waals surface area contributed by atoms with Gasteiger partial charge in [0.1, 0.15) is 0 Å². The molecule has 0 radical (unpaired) electrons. The first-order valence-electron chi connectivity index (χ1n) is 9.41. The average molecular weight is 360 g/mol. The van der Waals surface area contributed by atoms with Gasteiger partial charge in [-0.15, -0.1) is 0 Å². The van der Waals surface area contributed by atoms with Gasteiger partial charge in [0.15, 0.2) is 5.82 Å².